The van der Waals surface area contributed by atoms with Crippen LogP contribution in [0.15, 0.2) is 24.3 Å². The predicted octanol–water partition coefficient (Wildman–Crippen LogP) is 1.35. The number of nitrogens with zero attached hydrogens (tertiary/aromatic N) is 3. The van der Waals surface area contributed by atoms with E-state index in [0.29, 0.717) is 6.54 Å². The number of benzene rings is 1. The number of hydrogen-bond acceptors (Lipinski definition) is 5. The fourth-order valence-electron chi connectivity index (χ4n) is 1.28. The fraction of sp³-hybridized carbons (Fsp3) is 0.333. The van der Waals surface area contributed by atoms with Gasteiger partial charge in [-0.3, -0.25) is 14.9 Å². The second-order valence-corrected chi connectivity index (χ2v) is 3.77. The van der Waals surface area contributed by atoms with Crippen LogP contribution < -0.4 is 4.74 Å². The number of non-ortho nitro benzene ring substituents is 1. The molecule has 1 aromatic carbocycles. The quantitative estimate of drug-likeness (QED) is 0.570. The van der Waals surface area contributed by atoms with E-state index in [2.05, 4.69) is 0 Å². The second kappa shape index (κ2) is 6.96. The molecule has 19 heavy (non-hydrogen) atoms. The summed E-state index contributed by atoms with van der Waals surface area (Å²) in [4.78, 5) is 23.0. The molecule has 0 saturated heterocycles. The minimum atomic E-state index is -0.534. The van der Waals surface area contributed by atoms with E-state index < -0.39 is 4.92 Å². The van der Waals surface area contributed by atoms with E-state index in [9.17, 15) is 14.9 Å². The summed E-state index contributed by atoms with van der Waals surface area (Å²) in [6, 6.07) is 7.55. The number of nitro benzene ring substituents is 1. The lowest BCUT2D eigenvalue weighted by atomic mass is 10.3. The first-order chi connectivity index (χ1) is 9.04. The van der Waals surface area contributed by atoms with Crippen LogP contribution in [0.3, 0.4) is 0 Å². The molecule has 0 aliphatic carbocycles. The van der Waals surface area contributed by atoms with Gasteiger partial charge in [-0.15, -0.1) is 0 Å². The lowest BCUT2D eigenvalue weighted by molar-refractivity contribution is -0.384. The summed E-state index contributed by atoms with van der Waals surface area (Å²) in [5.41, 5.74) is -0.0946. The molecular formula is C12H13N3O4. The van der Waals surface area contributed by atoms with Crippen molar-refractivity contribution in [1.29, 1.82) is 5.26 Å². The number of amides is 1. The van der Waals surface area contributed by atoms with E-state index in [4.69, 9.17) is 10.00 Å². The van der Waals surface area contributed by atoms with Gasteiger partial charge in [-0.2, -0.15) is 5.26 Å². The molecule has 1 aromatic rings. The summed E-state index contributed by atoms with van der Waals surface area (Å²) in [7, 11) is 1.57. The molecular weight excluding hydrogens is 250 g/mol. The summed E-state index contributed by atoms with van der Waals surface area (Å²) in [5, 5.41) is 19.0. The number of ether oxygens (including phenoxy) is 1. The Bertz CT molecular complexity index is 510. The Hall–Kier alpha value is -2.62. The van der Waals surface area contributed by atoms with Gasteiger partial charge >= 0.3 is 0 Å². The molecule has 0 unspecified atom stereocenters. The molecule has 1 amide bonds. The molecule has 0 atom stereocenters. The number of likely N-dealkylation sites (N-methyl/N-ethyl adjacent to an activating group) is 1. The van der Waals surface area contributed by atoms with Gasteiger partial charge in [0, 0.05) is 19.7 Å². The van der Waals surface area contributed by atoms with Crippen LogP contribution in [0.5, 0.6) is 5.75 Å². The zero-order valence-electron chi connectivity index (χ0n) is 10.4. The third-order valence-electron chi connectivity index (χ3n) is 2.38. The first kappa shape index (κ1) is 14.4. The molecule has 7 nitrogen and oxygen atoms in total. The molecule has 0 spiro atoms. The van der Waals surface area contributed by atoms with Crippen molar-refractivity contribution in [3.63, 3.8) is 0 Å². The summed E-state index contributed by atoms with van der Waals surface area (Å²) in [5.74, 6) is -0.0296. The molecule has 100 valence electrons. The van der Waals surface area contributed by atoms with Crippen molar-refractivity contribution in [2.75, 3.05) is 20.2 Å². The van der Waals surface area contributed by atoms with Crippen LogP contribution >= 0.6 is 0 Å². The molecule has 0 aliphatic rings. The molecule has 0 heterocycles. The van der Waals surface area contributed by atoms with E-state index in [-0.39, 0.29) is 30.4 Å². The smallest absolute Gasteiger partial charge is 0.273 e. The van der Waals surface area contributed by atoms with Gasteiger partial charge in [0.2, 0.25) is 0 Å². The van der Waals surface area contributed by atoms with Crippen LogP contribution in [0.1, 0.15) is 6.42 Å². The summed E-state index contributed by atoms with van der Waals surface area (Å²) >= 11 is 0. The van der Waals surface area contributed by atoms with Gasteiger partial charge in [-0.05, 0) is 6.07 Å². The van der Waals surface area contributed by atoms with Gasteiger partial charge in [-0.1, -0.05) is 6.07 Å². The highest BCUT2D eigenvalue weighted by molar-refractivity contribution is 5.77. The fourth-order valence-corrected chi connectivity index (χ4v) is 1.28. The summed E-state index contributed by atoms with van der Waals surface area (Å²) < 4.78 is 5.18. The zero-order valence-corrected chi connectivity index (χ0v) is 10.4. The number of nitro groups is 1. The highest BCUT2D eigenvalue weighted by Crippen LogP contribution is 2.18. The minimum absolute atomic E-state index is 0.0946. The monoisotopic (exact) mass is 263 g/mol. The first-order valence-electron chi connectivity index (χ1n) is 5.52. The van der Waals surface area contributed by atoms with Crippen molar-refractivity contribution in [3.8, 4) is 11.8 Å². The standard InChI is InChI=1S/C12H13N3O4/c1-14(7-3-6-13)12(16)9-19-11-5-2-4-10(8-11)15(17)18/h2,4-5,8H,3,7,9H2,1H3. The topological polar surface area (TPSA) is 96.5 Å². The van der Waals surface area contributed by atoms with Gasteiger partial charge in [0.25, 0.3) is 11.6 Å². The molecule has 0 N–H and O–H groups in total. The Balaban J connectivity index is 2.52. The Morgan fingerprint density at radius 3 is 2.95 bits per heavy atom. The van der Waals surface area contributed by atoms with E-state index in [1.807, 2.05) is 6.07 Å². The average Bonchev–Trinajstić information content (AvgIpc) is 2.42. The van der Waals surface area contributed by atoms with Crippen LogP contribution in [-0.4, -0.2) is 35.9 Å². The molecule has 0 radical (unpaired) electrons. The molecule has 0 aliphatic heterocycles. The van der Waals surface area contributed by atoms with Crippen LogP contribution in [0.2, 0.25) is 0 Å². The third-order valence-corrected chi connectivity index (χ3v) is 2.38. The molecule has 0 saturated carbocycles. The van der Waals surface area contributed by atoms with Crippen molar-refractivity contribution < 1.29 is 14.5 Å². The van der Waals surface area contributed by atoms with Gasteiger partial charge in [0.05, 0.1) is 23.5 Å². The normalized spacial score (nSPS) is 9.47. The van der Waals surface area contributed by atoms with Crippen molar-refractivity contribution >= 4 is 11.6 Å². The Kier molecular flexibility index (Phi) is 5.29. The van der Waals surface area contributed by atoms with E-state index in [0.717, 1.165) is 0 Å². The largest absolute Gasteiger partial charge is 0.484 e. The Morgan fingerprint density at radius 2 is 2.32 bits per heavy atom. The lowest BCUT2D eigenvalue weighted by Crippen LogP contribution is -2.32. The van der Waals surface area contributed by atoms with Crippen LogP contribution in [0, 0.1) is 21.4 Å². The van der Waals surface area contributed by atoms with Crippen molar-refractivity contribution in [1.82, 2.24) is 4.90 Å². The molecule has 1 rings (SSSR count). The van der Waals surface area contributed by atoms with Gasteiger partial charge in [0.15, 0.2) is 6.61 Å². The Morgan fingerprint density at radius 1 is 1.58 bits per heavy atom. The SMILES string of the molecule is CN(CCC#N)C(=O)COc1cccc([N+](=O)[O-])c1. The van der Waals surface area contributed by atoms with Crippen molar-refractivity contribution in [3.05, 3.63) is 34.4 Å². The zero-order chi connectivity index (χ0) is 14.3. The number of nitriles is 1. The van der Waals surface area contributed by atoms with Gasteiger partial charge in [-0.25, -0.2) is 0 Å². The molecule has 0 fully saturated rings. The highest BCUT2D eigenvalue weighted by Gasteiger charge is 2.11. The van der Waals surface area contributed by atoms with E-state index in [1.165, 1.54) is 29.2 Å². The number of rotatable bonds is 6. The predicted molar refractivity (Wildman–Crippen MR) is 66.5 cm³/mol. The van der Waals surface area contributed by atoms with E-state index >= 15 is 0 Å². The summed E-state index contributed by atoms with van der Waals surface area (Å²) in [6.07, 6.45) is 0.249. The van der Waals surface area contributed by atoms with Crippen LogP contribution in [0.25, 0.3) is 0 Å². The molecule has 7 heteroatoms. The first-order valence-corrected chi connectivity index (χ1v) is 5.52. The maximum Gasteiger partial charge on any atom is 0.273 e. The van der Waals surface area contributed by atoms with E-state index in [1.54, 1.807) is 7.05 Å². The maximum atomic E-state index is 11.6. The van der Waals surface area contributed by atoms with Crippen LogP contribution in [-0.2, 0) is 4.79 Å². The number of carbonyl (C=O) groups is 1. The lowest BCUT2D eigenvalue weighted by Gasteiger charge is -2.15. The van der Waals surface area contributed by atoms with Crippen LogP contribution in [0.4, 0.5) is 5.69 Å². The highest BCUT2D eigenvalue weighted by atomic mass is 16.6. The third kappa shape index (κ3) is 4.63. The summed E-state index contributed by atoms with van der Waals surface area (Å²) in [6.45, 7) is 0.108. The molecule has 0 bridgehead atoms. The average molecular weight is 263 g/mol. The second-order valence-electron chi connectivity index (χ2n) is 3.77. The number of hydrogen-bond donors (Lipinski definition) is 0. The molecule has 0 aromatic heterocycles. The Labute approximate surface area is 110 Å². The minimum Gasteiger partial charge on any atom is -0.484 e. The number of carbonyl (C=O) groups excluding carboxylic acids is 1. The maximum absolute atomic E-state index is 11.6. The van der Waals surface area contributed by atoms with Crippen molar-refractivity contribution in [2.24, 2.45) is 0 Å². The van der Waals surface area contributed by atoms with Gasteiger partial charge in [0.1, 0.15) is 5.75 Å². The van der Waals surface area contributed by atoms with Gasteiger partial charge < -0.3 is 9.64 Å². The van der Waals surface area contributed by atoms with Crippen molar-refractivity contribution in [2.45, 2.75) is 6.42 Å².